The van der Waals surface area contributed by atoms with E-state index in [0.717, 1.165) is 41.2 Å². The molecular weight excluding hydrogens is 456 g/mol. The van der Waals surface area contributed by atoms with Gasteiger partial charge in [-0.05, 0) is 64.3 Å². The molecule has 0 saturated heterocycles. The monoisotopic (exact) mass is 486 g/mol. The average molecular weight is 487 g/mol. The van der Waals surface area contributed by atoms with Crippen molar-refractivity contribution in [2.24, 2.45) is 0 Å². The maximum atomic E-state index is 13.2. The fraction of sp³-hybridized carbons (Fsp3) is 0.296. The van der Waals surface area contributed by atoms with Crippen LogP contribution in [-0.4, -0.2) is 36.9 Å². The molecule has 2 heterocycles. The Morgan fingerprint density at radius 1 is 1.00 bits per heavy atom. The summed E-state index contributed by atoms with van der Waals surface area (Å²) in [6.07, 6.45) is 1.73. The van der Waals surface area contributed by atoms with Crippen LogP contribution in [0.5, 0.6) is 0 Å². The maximum Gasteiger partial charge on any atom is 0.274 e. The molecule has 1 atom stereocenters. The minimum absolute atomic E-state index is 0.00418. The smallest absolute Gasteiger partial charge is 0.274 e. The first kappa shape index (κ1) is 24.6. The van der Waals surface area contributed by atoms with Crippen molar-refractivity contribution < 1.29 is 4.79 Å². The topological polar surface area (TPSA) is 85.6 Å². The van der Waals surface area contributed by atoms with Crippen LogP contribution in [0.2, 0.25) is 0 Å². The zero-order chi connectivity index (χ0) is 24.8. The lowest BCUT2D eigenvalue weighted by molar-refractivity contribution is 0.0932. The molecule has 7 nitrogen and oxygen atoms in total. The number of aryl methyl sites for hydroxylation is 4. The Morgan fingerprint density at radius 2 is 1.69 bits per heavy atom. The van der Waals surface area contributed by atoms with Crippen molar-refractivity contribution in [2.75, 3.05) is 0 Å². The Labute approximate surface area is 210 Å². The van der Waals surface area contributed by atoms with E-state index in [9.17, 15) is 4.79 Å². The highest BCUT2D eigenvalue weighted by molar-refractivity contribution is 7.98. The van der Waals surface area contributed by atoms with Crippen molar-refractivity contribution in [2.45, 2.75) is 57.5 Å². The van der Waals surface area contributed by atoms with Crippen molar-refractivity contribution >= 4 is 17.7 Å². The molecule has 0 radical (unpaired) electrons. The van der Waals surface area contributed by atoms with E-state index in [1.165, 1.54) is 17.3 Å². The number of rotatable bonds is 9. The lowest BCUT2D eigenvalue weighted by atomic mass is 10.1. The lowest BCUT2D eigenvalue weighted by Crippen LogP contribution is -2.33. The summed E-state index contributed by atoms with van der Waals surface area (Å²) in [7, 11) is 0. The molecule has 0 fully saturated rings. The zero-order valence-electron chi connectivity index (χ0n) is 20.5. The summed E-state index contributed by atoms with van der Waals surface area (Å²) < 4.78 is 1.73. The summed E-state index contributed by atoms with van der Waals surface area (Å²) in [5, 5.41) is 12.4. The van der Waals surface area contributed by atoms with Crippen molar-refractivity contribution in [1.29, 1.82) is 0 Å². The van der Waals surface area contributed by atoms with Gasteiger partial charge in [-0.2, -0.15) is 0 Å². The van der Waals surface area contributed by atoms with Crippen molar-refractivity contribution in [3.8, 4) is 5.69 Å². The number of carbonyl (C=O) groups excluding carboxylic acids is 1. The fourth-order valence-electron chi connectivity index (χ4n) is 3.78. The Kier molecular flexibility index (Phi) is 7.92. The number of hydrogen-bond acceptors (Lipinski definition) is 6. The Morgan fingerprint density at radius 3 is 2.37 bits per heavy atom. The van der Waals surface area contributed by atoms with E-state index < -0.39 is 0 Å². The Hall–Kier alpha value is -3.52. The number of hydrogen-bond donors (Lipinski definition) is 1. The third-order valence-electron chi connectivity index (χ3n) is 5.64. The molecule has 1 unspecified atom stereocenters. The molecule has 2 aromatic carbocycles. The number of nitrogens with zero attached hydrogens (tertiary/aromatic N) is 5. The van der Waals surface area contributed by atoms with Crippen molar-refractivity contribution in [3.05, 3.63) is 94.6 Å². The summed E-state index contributed by atoms with van der Waals surface area (Å²) in [5.41, 5.74) is 6.13. The molecule has 1 amide bonds. The summed E-state index contributed by atoms with van der Waals surface area (Å²) in [5.74, 6) is 0.242. The van der Waals surface area contributed by atoms with Gasteiger partial charge >= 0.3 is 0 Å². The van der Waals surface area contributed by atoms with Gasteiger partial charge in [0, 0.05) is 23.2 Å². The van der Waals surface area contributed by atoms with Crippen LogP contribution in [-0.2, 0) is 12.2 Å². The van der Waals surface area contributed by atoms with Gasteiger partial charge in [0.1, 0.15) is 0 Å². The van der Waals surface area contributed by atoms with Crippen LogP contribution >= 0.6 is 11.8 Å². The van der Waals surface area contributed by atoms with E-state index in [4.69, 9.17) is 0 Å². The van der Waals surface area contributed by atoms with Crippen LogP contribution in [0.1, 0.15) is 52.0 Å². The highest BCUT2D eigenvalue weighted by Gasteiger charge is 2.22. The average Bonchev–Trinajstić information content (AvgIpc) is 3.26. The molecule has 1 N–H and O–H groups in total. The minimum atomic E-state index is -0.221. The first-order chi connectivity index (χ1) is 16.9. The van der Waals surface area contributed by atoms with Crippen LogP contribution in [0, 0.1) is 20.8 Å². The predicted octanol–water partition coefficient (Wildman–Crippen LogP) is 5.03. The van der Waals surface area contributed by atoms with Gasteiger partial charge in [0.25, 0.3) is 5.91 Å². The molecule has 0 saturated carbocycles. The maximum absolute atomic E-state index is 13.2. The van der Waals surface area contributed by atoms with E-state index in [1.807, 2.05) is 76.2 Å². The highest BCUT2D eigenvalue weighted by atomic mass is 32.2. The number of carbonyl (C=O) groups is 1. The molecule has 4 aromatic rings. The molecule has 0 aliphatic rings. The summed E-state index contributed by atoms with van der Waals surface area (Å²) in [6, 6.07) is 20.2. The third-order valence-corrected chi connectivity index (χ3v) is 6.50. The molecular formula is C27H30N6OS. The third kappa shape index (κ3) is 6.54. The summed E-state index contributed by atoms with van der Waals surface area (Å²) in [6.45, 7) is 7.96. The zero-order valence-corrected chi connectivity index (χ0v) is 21.3. The summed E-state index contributed by atoms with van der Waals surface area (Å²) >= 11 is 1.47. The first-order valence-electron chi connectivity index (χ1n) is 11.7. The van der Waals surface area contributed by atoms with Gasteiger partial charge < -0.3 is 5.32 Å². The molecule has 35 heavy (non-hydrogen) atoms. The molecule has 8 heteroatoms. The molecule has 4 rings (SSSR count). The van der Waals surface area contributed by atoms with Gasteiger partial charge in [-0.3, -0.25) is 4.79 Å². The van der Waals surface area contributed by atoms with Crippen LogP contribution in [0.4, 0.5) is 0 Å². The van der Waals surface area contributed by atoms with Crippen LogP contribution in [0.25, 0.3) is 5.69 Å². The number of benzene rings is 2. The number of aromatic nitrogens is 5. The van der Waals surface area contributed by atoms with Gasteiger partial charge in [0.15, 0.2) is 10.9 Å². The van der Waals surface area contributed by atoms with Crippen LogP contribution in [0.3, 0.4) is 0 Å². The van der Waals surface area contributed by atoms with E-state index in [0.29, 0.717) is 16.6 Å². The SMILES string of the molecule is Cc1ccc(-n2nnc(C(=O)NC(C)CCc3ccccc3)c2CSc2nc(C)cc(C)n2)cc1. The predicted molar refractivity (Wildman–Crippen MR) is 139 cm³/mol. The van der Waals surface area contributed by atoms with E-state index in [2.05, 4.69) is 37.7 Å². The quantitative estimate of drug-likeness (QED) is 0.264. The number of thioether (sulfide) groups is 1. The Bertz CT molecular complexity index is 1270. The van der Waals surface area contributed by atoms with Gasteiger partial charge in [0.05, 0.1) is 11.4 Å². The largest absolute Gasteiger partial charge is 0.348 e. The van der Waals surface area contributed by atoms with Gasteiger partial charge in [-0.1, -0.05) is 65.0 Å². The molecule has 0 bridgehead atoms. The number of amides is 1. The molecule has 0 aliphatic carbocycles. The molecule has 2 aromatic heterocycles. The summed E-state index contributed by atoms with van der Waals surface area (Å²) in [4.78, 5) is 22.3. The second-order valence-electron chi connectivity index (χ2n) is 8.75. The standard InChI is InChI=1S/C27H30N6OS/c1-18-10-14-23(15-11-18)33-24(17-35-27-29-20(3)16-21(4)30-27)25(31-32-33)26(34)28-19(2)12-13-22-8-6-5-7-9-22/h5-11,14-16,19H,12-13,17H2,1-4H3,(H,28,34). The molecule has 0 spiro atoms. The van der Waals surface area contributed by atoms with E-state index in [-0.39, 0.29) is 11.9 Å². The van der Waals surface area contributed by atoms with Gasteiger partial charge in [0.2, 0.25) is 0 Å². The first-order valence-corrected chi connectivity index (χ1v) is 12.7. The minimum Gasteiger partial charge on any atom is -0.348 e. The van der Waals surface area contributed by atoms with Crippen LogP contribution in [0.15, 0.2) is 65.8 Å². The van der Waals surface area contributed by atoms with Crippen molar-refractivity contribution in [1.82, 2.24) is 30.3 Å². The van der Waals surface area contributed by atoms with Crippen molar-refractivity contribution in [3.63, 3.8) is 0 Å². The second-order valence-corrected chi connectivity index (χ2v) is 9.70. The highest BCUT2D eigenvalue weighted by Crippen LogP contribution is 2.24. The van der Waals surface area contributed by atoms with Gasteiger partial charge in [-0.25, -0.2) is 14.6 Å². The number of nitrogens with one attached hydrogen (secondary N) is 1. The van der Waals surface area contributed by atoms with E-state index >= 15 is 0 Å². The van der Waals surface area contributed by atoms with Gasteiger partial charge in [-0.15, -0.1) is 5.10 Å². The molecule has 180 valence electrons. The van der Waals surface area contributed by atoms with E-state index in [1.54, 1.807) is 4.68 Å². The Balaban J connectivity index is 1.54. The lowest BCUT2D eigenvalue weighted by Gasteiger charge is -2.14. The van der Waals surface area contributed by atoms with Crippen LogP contribution < -0.4 is 5.32 Å². The fourth-order valence-corrected chi connectivity index (χ4v) is 4.73. The molecule has 0 aliphatic heterocycles. The normalized spacial score (nSPS) is 11.9. The second kappa shape index (κ2) is 11.3.